The third-order valence-corrected chi connectivity index (χ3v) is 1.69. The number of phenols is 4. The second-order valence-electron chi connectivity index (χ2n) is 2.43. The molecule has 0 spiro atoms. The van der Waals surface area contributed by atoms with Gasteiger partial charge in [0.25, 0.3) is 0 Å². The summed E-state index contributed by atoms with van der Waals surface area (Å²) in [4.78, 5) is 0. The van der Waals surface area contributed by atoms with Crippen LogP contribution in [-0.2, 0) is 0 Å². The highest BCUT2D eigenvalue weighted by Crippen LogP contribution is 2.43. The molecule has 0 saturated heterocycles. The van der Waals surface area contributed by atoms with E-state index in [0.29, 0.717) is 0 Å². The minimum Gasteiger partial charge on any atom is -0.505 e. The van der Waals surface area contributed by atoms with Crippen LogP contribution in [0.15, 0.2) is 0 Å². The number of hydrogen-bond acceptors (Lipinski definition) is 5. The number of anilines is 1. The van der Waals surface area contributed by atoms with E-state index >= 15 is 0 Å². The topological polar surface area (TPSA) is 107 Å². The third kappa shape index (κ3) is 0.885. The number of nitrogens with two attached hydrogens (primary N) is 1. The van der Waals surface area contributed by atoms with Gasteiger partial charge in [-0.1, -0.05) is 0 Å². The van der Waals surface area contributed by atoms with E-state index in [4.69, 9.17) is 26.2 Å². The first kappa shape index (κ1) is 8.38. The van der Waals surface area contributed by atoms with Crippen LogP contribution in [-0.4, -0.2) is 28.3 Å². The highest BCUT2D eigenvalue weighted by atomic mass is 16.3. The molecule has 5 nitrogen and oxygen atoms in total. The standard InChI is InChI=1S/C6H8BNO4/c7-1-2(8)4(10)6(12)5(11)3(1)9/h9-12H,7-8H2. The molecule has 1 rings (SSSR count). The molecule has 6 heteroatoms. The molecule has 0 aliphatic heterocycles. The van der Waals surface area contributed by atoms with Crippen LogP contribution in [0.4, 0.5) is 5.69 Å². The molecule has 0 radical (unpaired) electrons. The van der Waals surface area contributed by atoms with Gasteiger partial charge in [-0.3, -0.25) is 0 Å². The average molecular weight is 169 g/mol. The van der Waals surface area contributed by atoms with Crippen molar-refractivity contribution in [2.45, 2.75) is 0 Å². The normalized spacial score (nSPS) is 10.0. The summed E-state index contributed by atoms with van der Waals surface area (Å²) in [6.45, 7) is 0. The van der Waals surface area contributed by atoms with Crippen LogP contribution in [0.5, 0.6) is 23.0 Å². The average Bonchev–Trinajstić information content (AvgIpc) is 2.08. The molecule has 1 aromatic carbocycles. The number of rotatable bonds is 0. The predicted octanol–water partition coefficient (Wildman–Crippen LogP) is -1.65. The van der Waals surface area contributed by atoms with Gasteiger partial charge >= 0.3 is 0 Å². The Morgan fingerprint density at radius 1 is 0.833 bits per heavy atom. The van der Waals surface area contributed by atoms with Crippen molar-refractivity contribution in [1.82, 2.24) is 0 Å². The van der Waals surface area contributed by atoms with Crippen LogP contribution in [0.2, 0.25) is 0 Å². The summed E-state index contributed by atoms with van der Waals surface area (Å²) in [7, 11) is 1.41. The van der Waals surface area contributed by atoms with Gasteiger partial charge in [0.15, 0.2) is 11.5 Å². The lowest BCUT2D eigenvalue weighted by Crippen LogP contribution is -2.10. The molecule has 1 aromatic rings. The molecular formula is C6H8BNO4. The largest absolute Gasteiger partial charge is 0.505 e. The Morgan fingerprint density at radius 2 is 1.25 bits per heavy atom. The third-order valence-electron chi connectivity index (χ3n) is 1.69. The molecule has 0 aromatic heterocycles. The number of phenolic OH excluding ortho intramolecular Hbond substituents is 4. The number of hydrogen-bond donors (Lipinski definition) is 5. The summed E-state index contributed by atoms with van der Waals surface area (Å²) in [5.74, 6) is -2.72. The van der Waals surface area contributed by atoms with E-state index in [1.165, 1.54) is 7.85 Å². The lowest BCUT2D eigenvalue weighted by Gasteiger charge is -2.09. The van der Waals surface area contributed by atoms with Gasteiger partial charge in [0, 0.05) is 0 Å². The number of aromatic hydroxyl groups is 4. The molecule has 0 unspecified atom stereocenters. The maximum atomic E-state index is 9.09. The fraction of sp³-hybridized carbons (Fsp3) is 0. The van der Waals surface area contributed by atoms with Crippen molar-refractivity contribution in [1.29, 1.82) is 0 Å². The molecule has 0 fully saturated rings. The number of benzene rings is 1. The Labute approximate surface area is 69.1 Å². The highest BCUT2D eigenvalue weighted by molar-refractivity contribution is 6.38. The molecule has 0 aliphatic rings. The summed E-state index contributed by atoms with van der Waals surface area (Å²) in [6, 6.07) is 0. The van der Waals surface area contributed by atoms with Crippen molar-refractivity contribution >= 4 is 19.0 Å². The van der Waals surface area contributed by atoms with Gasteiger partial charge in [0.1, 0.15) is 7.85 Å². The van der Waals surface area contributed by atoms with Gasteiger partial charge < -0.3 is 26.2 Å². The van der Waals surface area contributed by atoms with Crippen molar-refractivity contribution in [2.24, 2.45) is 0 Å². The van der Waals surface area contributed by atoms with E-state index in [-0.39, 0.29) is 11.2 Å². The smallest absolute Gasteiger partial charge is 0.206 e. The lowest BCUT2D eigenvalue weighted by atomic mass is 9.91. The highest BCUT2D eigenvalue weighted by Gasteiger charge is 2.17. The van der Waals surface area contributed by atoms with Crippen molar-refractivity contribution < 1.29 is 20.4 Å². The summed E-state index contributed by atoms with van der Waals surface area (Å²) in [5.41, 5.74) is 5.25. The molecule has 0 aliphatic carbocycles. The zero-order chi connectivity index (χ0) is 9.46. The maximum Gasteiger partial charge on any atom is 0.206 e. The molecule has 0 saturated carbocycles. The Bertz CT molecular complexity index is 234. The van der Waals surface area contributed by atoms with Crippen LogP contribution in [0.25, 0.3) is 0 Å². The molecule has 0 heterocycles. The monoisotopic (exact) mass is 169 g/mol. The van der Waals surface area contributed by atoms with Crippen molar-refractivity contribution in [3.05, 3.63) is 0 Å². The minimum absolute atomic E-state index is 0.128. The summed E-state index contributed by atoms with van der Waals surface area (Å²) >= 11 is 0. The lowest BCUT2D eigenvalue weighted by molar-refractivity contribution is 0.349. The zero-order valence-electron chi connectivity index (χ0n) is 6.37. The van der Waals surface area contributed by atoms with E-state index in [2.05, 4.69) is 0 Å². The molecule has 6 N–H and O–H groups in total. The van der Waals surface area contributed by atoms with E-state index in [0.717, 1.165) is 0 Å². The van der Waals surface area contributed by atoms with Gasteiger partial charge in [-0.25, -0.2) is 0 Å². The maximum absolute atomic E-state index is 9.09. The second-order valence-corrected chi connectivity index (χ2v) is 2.43. The van der Waals surface area contributed by atoms with E-state index in [9.17, 15) is 0 Å². The van der Waals surface area contributed by atoms with Crippen molar-refractivity contribution in [3.8, 4) is 23.0 Å². The van der Waals surface area contributed by atoms with Gasteiger partial charge in [-0.2, -0.15) is 0 Å². The van der Waals surface area contributed by atoms with Crippen LogP contribution in [0.1, 0.15) is 0 Å². The molecule has 64 valence electrons. The molecule has 0 amide bonds. The van der Waals surface area contributed by atoms with Gasteiger partial charge in [-0.05, 0) is 5.46 Å². The summed E-state index contributed by atoms with van der Waals surface area (Å²) in [6.07, 6.45) is 0. The first-order valence-electron chi connectivity index (χ1n) is 3.18. The first-order chi connectivity index (χ1) is 5.46. The van der Waals surface area contributed by atoms with Crippen LogP contribution < -0.4 is 11.2 Å². The van der Waals surface area contributed by atoms with E-state index in [1.54, 1.807) is 0 Å². The Hall–Kier alpha value is -1.72. The van der Waals surface area contributed by atoms with E-state index in [1.807, 2.05) is 0 Å². The summed E-state index contributed by atoms with van der Waals surface area (Å²) in [5, 5.41) is 36.1. The Kier molecular flexibility index (Phi) is 1.68. The Balaban J connectivity index is 3.60. The fourth-order valence-electron chi connectivity index (χ4n) is 0.835. The van der Waals surface area contributed by atoms with Gasteiger partial charge in [0.05, 0.1) is 5.69 Å². The van der Waals surface area contributed by atoms with E-state index < -0.39 is 23.0 Å². The molecular weight excluding hydrogens is 161 g/mol. The molecule has 0 atom stereocenters. The quantitative estimate of drug-likeness (QED) is 0.138. The van der Waals surface area contributed by atoms with Crippen molar-refractivity contribution in [3.63, 3.8) is 0 Å². The fourth-order valence-corrected chi connectivity index (χ4v) is 0.835. The van der Waals surface area contributed by atoms with Crippen LogP contribution in [0.3, 0.4) is 0 Å². The molecule has 12 heavy (non-hydrogen) atoms. The van der Waals surface area contributed by atoms with Crippen LogP contribution >= 0.6 is 0 Å². The predicted molar refractivity (Wildman–Crippen MR) is 45.7 cm³/mol. The van der Waals surface area contributed by atoms with Gasteiger partial charge in [0.2, 0.25) is 11.5 Å². The number of nitrogen functional groups attached to an aromatic ring is 1. The first-order valence-corrected chi connectivity index (χ1v) is 3.18. The molecule has 0 bridgehead atoms. The zero-order valence-corrected chi connectivity index (χ0v) is 6.37. The SMILES string of the molecule is Bc1c(N)c(O)c(O)c(O)c1O. The van der Waals surface area contributed by atoms with Crippen molar-refractivity contribution in [2.75, 3.05) is 5.73 Å². The summed E-state index contributed by atoms with van der Waals surface area (Å²) < 4.78 is 0. The Morgan fingerprint density at radius 3 is 1.75 bits per heavy atom. The second kappa shape index (κ2) is 2.40. The van der Waals surface area contributed by atoms with Crippen LogP contribution in [0, 0.1) is 0 Å². The minimum atomic E-state index is -0.810. The van der Waals surface area contributed by atoms with Gasteiger partial charge in [-0.15, -0.1) is 0 Å².